The standard InChI is InChI=1S/C16H20FN3O/c1-11(10-20-13(3)8-12(2)19-20)9-18-16(21)14-4-6-15(17)7-5-14/h4-8,11H,9-10H2,1-3H3,(H,18,21). The molecule has 2 rings (SSSR count). The predicted molar refractivity (Wildman–Crippen MR) is 79.6 cm³/mol. The first kappa shape index (κ1) is 15.2. The van der Waals surface area contributed by atoms with Gasteiger partial charge in [-0.05, 0) is 50.1 Å². The van der Waals surface area contributed by atoms with Crippen molar-refractivity contribution in [3.63, 3.8) is 0 Å². The summed E-state index contributed by atoms with van der Waals surface area (Å²) in [6.07, 6.45) is 0. The first-order valence-electron chi connectivity index (χ1n) is 7.00. The smallest absolute Gasteiger partial charge is 0.251 e. The number of nitrogens with one attached hydrogen (secondary N) is 1. The van der Waals surface area contributed by atoms with Crippen LogP contribution in [-0.2, 0) is 6.54 Å². The molecule has 0 aliphatic carbocycles. The van der Waals surface area contributed by atoms with Crippen LogP contribution in [-0.4, -0.2) is 22.2 Å². The third-order valence-electron chi connectivity index (χ3n) is 3.31. The lowest BCUT2D eigenvalue weighted by Gasteiger charge is -2.14. The van der Waals surface area contributed by atoms with Crippen molar-refractivity contribution in [2.75, 3.05) is 6.54 Å². The second-order valence-corrected chi connectivity index (χ2v) is 5.43. The Morgan fingerprint density at radius 2 is 2.00 bits per heavy atom. The Balaban J connectivity index is 1.86. The fourth-order valence-electron chi connectivity index (χ4n) is 2.19. The molecule has 2 aromatic rings. The lowest BCUT2D eigenvalue weighted by molar-refractivity contribution is 0.0946. The highest BCUT2D eigenvalue weighted by atomic mass is 19.1. The summed E-state index contributed by atoms with van der Waals surface area (Å²) in [6.45, 7) is 7.34. The van der Waals surface area contributed by atoms with Crippen molar-refractivity contribution in [2.24, 2.45) is 5.92 Å². The van der Waals surface area contributed by atoms with Gasteiger partial charge in [0.05, 0.1) is 5.69 Å². The molecule has 5 heteroatoms. The number of nitrogens with zero attached hydrogens (tertiary/aromatic N) is 2. The van der Waals surface area contributed by atoms with Crippen LogP contribution < -0.4 is 5.32 Å². The molecule has 0 radical (unpaired) electrons. The highest BCUT2D eigenvalue weighted by Gasteiger charge is 2.10. The van der Waals surface area contributed by atoms with Crippen molar-refractivity contribution in [1.82, 2.24) is 15.1 Å². The molecule has 4 nitrogen and oxygen atoms in total. The van der Waals surface area contributed by atoms with Gasteiger partial charge in [-0.3, -0.25) is 9.48 Å². The molecule has 21 heavy (non-hydrogen) atoms. The second-order valence-electron chi connectivity index (χ2n) is 5.43. The van der Waals surface area contributed by atoms with Crippen molar-refractivity contribution in [1.29, 1.82) is 0 Å². The Kier molecular flexibility index (Phi) is 4.73. The number of benzene rings is 1. The van der Waals surface area contributed by atoms with Crippen LogP contribution in [0.25, 0.3) is 0 Å². The molecule has 1 heterocycles. The Labute approximate surface area is 124 Å². The SMILES string of the molecule is Cc1cc(C)n(CC(C)CNC(=O)c2ccc(F)cc2)n1. The monoisotopic (exact) mass is 289 g/mol. The molecule has 1 amide bonds. The normalized spacial score (nSPS) is 12.2. The number of aromatic nitrogens is 2. The summed E-state index contributed by atoms with van der Waals surface area (Å²) in [5.41, 5.74) is 2.58. The Morgan fingerprint density at radius 3 is 2.57 bits per heavy atom. The van der Waals surface area contributed by atoms with Gasteiger partial charge in [0.25, 0.3) is 5.91 Å². The van der Waals surface area contributed by atoms with E-state index >= 15 is 0 Å². The van der Waals surface area contributed by atoms with Gasteiger partial charge < -0.3 is 5.32 Å². The predicted octanol–water partition coefficient (Wildman–Crippen LogP) is 2.71. The van der Waals surface area contributed by atoms with E-state index in [1.54, 1.807) is 0 Å². The average Bonchev–Trinajstić information content (AvgIpc) is 2.75. The molecule has 0 bridgehead atoms. The fourth-order valence-corrected chi connectivity index (χ4v) is 2.19. The van der Waals surface area contributed by atoms with E-state index in [9.17, 15) is 9.18 Å². The summed E-state index contributed by atoms with van der Waals surface area (Å²) >= 11 is 0. The molecule has 112 valence electrons. The van der Waals surface area contributed by atoms with Crippen molar-refractivity contribution in [3.8, 4) is 0 Å². The number of amides is 1. The van der Waals surface area contributed by atoms with Crippen molar-refractivity contribution in [3.05, 3.63) is 53.1 Å². The molecule has 1 unspecified atom stereocenters. The molecular weight excluding hydrogens is 269 g/mol. The third kappa shape index (κ3) is 4.15. The summed E-state index contributed by atoms with van der Waals surface area (Å²) in [4.78, 5) is 11.9. The average molecular weight is 289 g/mol. The Hall–Kier alpha value is -2.17. The van der Waals surface area contributed by atoms with Gasteiger partial charge in [0.1, 0.15) is 5.82 Å². The Bertz CT molecular complexity index is 619. The van der Waals surface area contributed by atoms with Gasteiger partial charge in [-0.1, -0.05) is 6.92 Å². The summed E-state index contributed by atoms with van der Waals surface area (Å²) in [5, 5.41) is 7.27. The van der Waals surface area contributed by atoms with E-state index in [1.807, 2.05) is 24.6 Å². The summed E-state index contributed by atoms with van der Waals surface area (Å²) < 4.78 is 14.8. The molecule has 1 aromatic carbocycles. The molecule has 1 N–H and O–H groups in total. The zero-order chi connectivity index (χ0) is 15.4. The maximum atomic E-state index is 12.8. The van der Waals surface area contributed by atoms with Gasteiger partial charge in [-0.2, -0.15) is 5.10 Å². The summed E-state index contributed by atoms with van der Waals surface area (Å²) in [7, 11) is 0. The van der Waals surface area contributed by atoms with Crippen molar-refractivity contribution >= 4 is 5.91 Å². The largest absolute Gasteiger partial charge is 0.352 e. The number of hydrogen-bond donors (Lipinski definition) is 1. The fraction of sp³-hybridized carbons (Fsp3) is 0.375. The minimum atomic E-state index is -0.343. The summed E-state index contributed by atoms with van der Waals surface area (Å²) in [6, 6.07) is 7.57. The summed E-state index contributed by atoms with van der Waals surface area (Å²) in [5.74, 6) is -0.271. The van der Waals surface area contributed by atoms with E-state index < -0.39 is 0 Å². The van der Waals surface area contributed by atoms with Gasteiger partial charge in [0, 0.05) is 24.3 Å². The number of halogens is 1. The molecular formula is C16H20FN3O. The van der Waals surface area contributed by atoms with E-state index in [-0.39, 0.29) is 17.6 Å². The van der Waals surface area contributed by atoms with Gasteiger partial charge >= 0.3 is 0 Å². The number of aryl methyl sites for hydroxylation is 2. The maximum absolute atomic E-state index is 12.8. The quantitative estimate of drug-likeness (QED) is 0.920. The number of hydrogen-bond acceptors (Lipinski definition) is 2. The van der Waals surface area contributed by atoms with Crippen LogP contribution in [0.4, 0.5) is 4.39 Å². The van der Waals surface area contributed by atoms with E-state index in [2.05, 4.69) is 17.3 Å². The van der Waals surface area contributed by atoms with Gasteiger partial charge in [-0.25, -0.2) is 4.39 Å². The molecule has 0 saturated heterocycles. The van der Waals surface area contributed by atoms with Crippen molar-refractivity contribution < 1.29 is 9.18 Å². The minimum absolute atomic E-state index is 0.185. The van der Waals surface area contributed by atoms with E-state index in [1.165, 1.54) is 24.3 Å². The van der Waals surface area contributed by atoms with Gasteiger partial charge in [0.15, 0.2) is 0 Å². The molecule has 0 saturated carbocycles. The molecule has 0 aliphatic heterocycles. The number of carbonyl (C=O) groups is 1. The minimum Gasteiger partial charge on any atom is -0.352 e. The maximum Gasteiger partial charge on any atom is 0.251 e. The lowest BCUT2D eigenvalue weighted by Crippen LogP contribution is -2.30. The molecule has 0 spiro atoms. The topological polar surface area (TPSA) is 46.9 Å². The highest BCUT2D eigenvalue weighted by molar-refractivity contribution is 5.94. The van der Waals surface area contributed by atoms with Crippen LogP contribution in [0.1, 0.15) is 28.7 Å². The molecule has 1 atom stereocenters. The molecule has 0 fully saturated rings. The van der Waals surface area contributed by atoms with Crippen LogP contribution in [0.2, 0.25) is 0 Å². The first-order chi connectivity index (χ1) is 9.95. The first-order valence-corrected chi connectivity index (χ1v) is 7.00. The Morgan fingerprint density at radius 1 is 1.33 bits per heavy atom. The highest BCUT2D eigenvalue weighted by Crippen LogP contribution is 2.07. The molecule has 1 aromatic heterocycles. The second kappa shape index (κ2) is 6.52. The van der Waals surface area contributed by atoms with E-state index in [4.69, 9.17) is 0 Å². The number of carbonyl (C=O) groups excluding carboxylic acids is 1. The zero-order valence-corrected chi connectivity index (χ0v) is 12.6. The van der Waals surface area contributed by atoms with Crippen molar-refractivity contribution in [2.45, 2.75) is 27.3 Å². The van der Waals surface area contributed by atoms with E-state index in [0.29, 0.717) is 12.1 Å². The van der Waals surface area contributed by atoms with Gasteiger partial charge in [0.2, 0.25) is 0 Å². The van der Waals surface area contributed by atoms with Crippen LogP contribution in [0.3, 0.4) is 0 Å². The van der Waals surface area contributed by atoms with Crippen LogP contribution >= 0.6 is 0 Å². The third-order valence-corrected chi connectivity index (χ3v) is 3.31. The van der Waals surface area contributed by atoms with Gasteiger partial charge in [-0.15, -0.1) is 0 Å². The lowest BCUT2D eigenvalue weighted by atomic mass is 10.1. The van der Waals surface area contributed by atoms with Crippen LogP contribution in [0, 0.1) is 25.6 Å². The molecule has 0 aliphatic rings. The van der Waals surface area contributed by atoms with Crippen LogP contribution in [0.5, 0.6) is 0 Å². The zero-order valence-electron chi connectivity index (χ0n) is 12.6. The van der Waals surface area contributed by atoms with E-state index in [0.717, 1.165) is 17.9 Å². The van der Waals surface area contributed by atoms with Crippen LogP contribution in [0.15, 0.2) is 30.3 Å². The number of rotatable bonds is 5.